The fraction of sp³-hybridized carbons (Fsp3) is 0.176. The van der Waals surface area contributed by atoms with Crippen molar-refractivity contribution in [3.05, 3.63) is 62.6 Å². The summed E-state index contributed by atoms with van der Waals surface area (Å²) >= 11 is 11.7. The van der Waals surface area contributed by atoms with Crippen LogP contribution in [0.2, 0.25) is 10.0 Å². The molecule has 2 rings (SSSR count). The molecule has 1 atom stereocenters. The summed E-state index contributed by atoms with van der Waals surface area (Å²) in [5.74, 6) is -1.18. The minimum absolute atomic E-state index is 0.0674. The van der Waals surface area contributed by atoms with Gasteiger partial charge in [0.15, 0.2) is 18.5 Å². The lowest BCUT2D eigenvalue weighted by molar-refractivity contribution is -0.386. The van der Waals surface area contributed by atoms with Crippen LogP contribution in [0.3, 0.4) is 0 Å². The molecule has 148 valence electrons. The van der Waals surface area contributed by atoms with Gasteiger partial charge in [0.1, 0.15) is 5.75 Å². The molecule has 0 bridgehead atoms. The van der Waals surface area contributed by atoms with Crippen molar-refractivity contribution >= 4 is 40.7 Å². The van der Waals surface area contributed by atoms with E-state index in [-0.39, 0.29) is 22.2 Å². The molecule has 0 saturated heterocycles. The van der Waals surface area contributed by atoms with Crippen LogP contribution in [0.25, 0.3) is 0 Å². The Morgan fingerprint density at radius 2 is 1.86 bits per heavy atom. The Morgan fingerprint density at radius 1 is 1.14 bits per heavy atom. The monoisotopic (exact) mass is 427 g/mol. The highest BCUT2D eigenvalue weighted by Gasteiger charge is 2.21. The number of hydrazine groups is 1. The summed E-state index contributed by atoms with van der Waals surface area (Å²) in [6, 6.07) is 10.1. The number of carbonyl (C=O) groups is 2. The minimum Gasteiger partial charge on any atom is -0.482 e. The lowest BCUT2D eigenvalue weighted by Crippen LogP contribution is -2.48. The largest absolute Gasteiger partial charge is 0.482 e. The maximum Gasteiger partial charge on any atom is 0.310 e. The minimum atomic E-state index is -1.10. The summed E-state index contributed by atoms with van der Waals surface area (Å²) in [5.41, 5.74) is 4.01. The molecule has 2 N–H and O–H groups in total. The number of ether oxygens (including phenoxy) is 2. The number of benzene rings is 2. The van der Waals surface area contributed by atoms with Gasteiger partial charge >= 0.3 is 5.69 Å². The third kappa shape index (κ3) is 6.00. The van der Waals surface area contributed by atoms with E-state index in [1.807, 2.05) is 0 Å². The number of nitrogens with zero attached hydrogens (tertiary/aromatic N) is 1. The molecule has 2 aromatic rings. The van der Waals surface area contributed by atoms with Gasteiger partial charge in [0.2, 0.25) is 0 Å². The summed E-state index contributed by atoms with van der Waals surface area (Å²) in [7, 11) is 0. The molecule has 0 heterocycles. The number of amides is 2. The molecule has 9 nitrogen and oxygen atoms in total. The lowest BCUT2D eigenvalue weighted by atomic mass is 10.3. The van der Waals surface area contributed by atoms with E-state index in [1.54, 1.807) is 6.07 Å². The van der Waals surface area contributed by atoms with Crippen molar-refractivity contribution in [2.24, 2.45) is 0 Å². The predicted octanol–water partition coefficient (Wildman–Crippen LogP) is 2.90. The number of para-hydroxylation sites is 2. The summed E-state index contributed by atoms with van der Waals surface area (Å²) in [6.07, 6.45) is -1.10. The van der Waals surface area contributed by atoms with Gasteiger partial charge in [-0.1, -0.05) is 35.3 Å². The molecular weight excluding hydrogens is 413 g/mol. The average molecular weight is 428 g/mol. The molecule has 0 fully saturated rings. The lowest BCUT2D eigenvalue weighted by Gasteiger charge is -2.15. The van der Waals surface area contributed by atoms with E-state index in [1.165, 1.54) is 43.3 Å². The number of nitro benzene ring substituents is 1. The zero-order valence-corrected chi connectivity index (χ0v) is 16.0. The summed E-state index contributed by atoms with van der Waals surface area (Å²) in [5, 5.41) is 11.6. The topological polar surface area (TPSA) is 120 Å². The molecular formula is C17H15Cl2N3O6. The van der Waals surface area contributed by atoms with Gasteiger partial charge in [0.05, 0.1) is 9.95 Å². The van der Waals surface area contributed by atoms with Crippen LogP contribution in [0, 0.1) is 10.1 Å². The second-order valence-corrected chi connectivity index (χ2v) is 6.23. The molecule has 0 aliphatic rings. The number of nitro groups is 1. The molecule has 2 amide bonds. The molecule has 11 heteroatoms. The van der Waals surface area contributed by atoms with Crippen molar-refractivity contribution < 1.29 is 24.0 Å². The van der Waals surface area contributed by atoms with E-state index >= 15 is 0 Å². The van der Waals surface area contributed by atoms with E-state index in [9.17, 15) is 19.7 Å². The molecule has 28 heavy (non-hydrogen) atoms. The first-order chi connectivity index (χ1) is 13.3. The third-order valence-corrected chi connectivity index (χ3v) is 3.84. The Hall–Kier alpha value is -3.04. The maximum atomic E-state index is 12.0. The van der Waals surface area contributed by atoms with Crippen molar-refractivity contribution in [2.45, 2.75) is 13.0 Å². The van der Waals surface area contributed by atoms with Gasteiger partial charge < -0.3 is 9.47 Å². The molecule has 0 radical (unpaired) electrons. The Labute approximate surface area is 169 Å². The number of hydrogen-bond donors (Lipinski definition) is 2. The Kier molecular flexibility index (Phi) is 7.42. The second kappa shape index (κ2) is 9.77. The quantitative estimate of drug-likeness (QED) is 0.517. The summed E-state index contributed by atoms with van der Waals surface area (Å²) in [4.78, 5) is 34.1. The third-order valence-electron chi connectivity index (χ3n) is 3.31. The summed E-state index contributed by atoms with van der Waals surface area (Å²) < 4.78 is 10.5. The first-order valence-corrected chi connectivity index (χ1v) is 8.60. The Morgan fingerprint density at radius 3 is 2.54 bits per heavy atom. The van der Waals surface area contributed by atoms with Crippen LogP contribution in [0.5, 0.6) is 11.5 Å². The molecule has 1 unspecified atom stereocenters. The van der Waals surface area contributed by atoms with E-state index in [4.69, 9.17) is 32.7 Å². The molecule has 0 aliphatic heterocycles. The highest BCUT2D eigenvalue weighted by molar-refractivity contribution is 6.35. The number of halogens is 2. The zero-order chi connectivity index (χ0) is 20.7. The van der Waals surface area contributed by atoms with E-state index in [0.717, 1.165) is 0 Å². The molecule has 0 saturated carbocycles. The van der Waals surface area contributed by atoms with Crippen LogP contribution in [-0.2, 0) is 9.59 Å². The van der Waals surface area contributed by atoms with Crippen molar-refractivity contribution in [2.75, 3.05) is 6.61 Å². The van der Waals surface area contributed by atoms with Gasteiger partial charge in [-0.3, -0.25) is 30.6 Å². The molecule has 2 aromatic carbocycles. The highest BCUT2D eigenvalue weighted by Crippen LogP contribution is 2.28. The van der Waals surface area contributed by atoms with Gasteiger partial charge in [-0.25, -0.2) is 0 Å². The number of carbonyl (C=O) groups excluding carboxylic acids is 2. The van der Waals surface area contributed by atoms with Crippen molar-refractivity contribution in [3.63, 3.8) is 0 Å². The van der Waals surface area contributed by atoms with Crippen LogP contribution in [-0.4, -0.2) is 29.4 Å². The fourth-order valence-electron chi connectivity index (χ4n) is 1.96. The van der Waals surface area contributed by atoms with Gasteiger partial charge in [-0.15, -0.1) is 0 Å². The zero-order valence-electron chi connectivity index (χ0n) is 14.5. The van der Waals surface area contributed by atoms with E-state index < -0.39 is 29.4 Å². The number of rotatable bonds is 7. The van der Waals surface area contributed by atoms with Crippen molar-refractivity contribution in [1.29, 1.82) is 0 Å². The normalized spacial score (nSPS) is 11.2. The van der Waals surface area contributed by atoms with Gasteiger partial charge in [-0.05, 0) is 31.2 Å². The van der Waals surface area contributed by atoms with Crippen LogP contribution in [0.4, 0.5) is 5.69 Å². The van der Waals surface area contributed by atoms with Crippen molar-refractivity contribution in [1.82, 2.24) is 10.9 Å². The van der Waals surface area contributed by atoms with Crippen LogP contribution in [0.1, 0.15) is 6.92 Å². The van der Waals surface area contributed by atoms with Crippen molar-refractivity contribution in [3.8, 4) is 11.5 Å². The average Bonchev–Trinajstić information content (AvgIpc) is 2.65. The van der Waals surface area contributed by atoms with E-state index in [0.29, 0.717) is 5.02 Å². The SMILES string of the molecule is CC(Oc1ccccc1[N+](=O)[O-])C(=O)NNC(=O)COc1ccc(Cl)cc1Cl. The second-order valence-electron chi connectivity index (χ2n) is 5.39. The fourth-order valence-corrected chi connectivity index (χ4v) is 2.42. The van der Waals surface area contributed by atoms with E-state index in [2.05, 4.69) is 10.9 Å². The smallest absolute Gasteiger partial charge is 0.310 e. The Bertz CT molecular complexity index is 893. The van der Waals surface area contributed by atoms with Crippen LogP contribution >= 0.6 is 23.2 Å². The molecule has 0 aromatic heterocycles. The highest BCUT2D eigenvalue weighted by atomic mass is 35.5. The number of hydrogen-bond acceptors (Lipinski definition) is 6. The standard InChI is InChI=1S/C17H15Cl2N3O6/c1-10(28-15-5-3-2-4-13(15)22(25)26)17(24)21-20-16(23)9-27-14-7-6-11(18)8-12(14)19/h2-8,10H,9H2,1H3,(H,20,23)(H,21,24). The number of nitrogens with one attached hydrogen (secondary N) is 2. The van der Waals surface area contributed by atoms with Crippen LogP contribution < -0.4 is 20.3 Å². The first kappa shape index (κ1) is 21.3. The van der Waals surface area contributed by atoms with Gasteiger partial charge in [0, 0.05) is 11.1 Å². The maximum absolute atomic E-state index is 12.0. The molecule has 0 spiro atoms. The van der Waals surface area contributed by atoms with Gasteiger partial charge in [-0.2, -0.15) is 0 Å². The first-order valence-electron chi connectivity index (χ1n) is 7.84. The predicted molar refractivity (Wildman–Crippen MR) is 101 cm³/mol. The summed E-state index contributed by atoms with van der Waals surface area (Å²) in [6.45, 7) is 0.962. The molecule has 0 aliphatic carbocycles. The van der Waals surface area contributed by atoms with Gasteiger partial charge in [0.25, 0.3) is 11.8 Å². The Balaban J connectivity index is 1.82. The van der Waals surface area contributed by atoms with Crippen LogP contribution in [0.15, 0.2) is 42.5 Å².